The first-order valence-corrected chi connectivity index (χ1v) is 9.08. The summed E-state index contributed by atoms with van der Waals surface area (Å²) in [5.41, 5.74) is 3.65. The molecule has 3 rings (SSSR count). The van der Waals surface area contributed by atoms with E-state index in [-0.39, 0.29) is 18.1 Å². The van der Waals surface area contributed by atoms with Crippen LogP contribution in [-0.2, 0) is 11.2 Å². The van der Waals surface area contributed by atoms with Gasteiger partial charge in [0.25, 0.3) is 11.5 Å². The summed E-state index contributed by atoms with van der Waals surface area (Å²) in [6.45, 7) is 4.33. The monoisotopic (exact) mass is 384 g/mol. The number of nitrogens with one attached hydrogen (secondary N) is 2. The number of aromatic nitrogens is 1. The van der Waals surface area contributed by atoms with Crippen LogP contribution in [0.5, 0.6) is 5.75 Å². The first kappa shape index (κ1) is 19.0. The molecule has 27 heavy (non-hydrogen) atoms. The summed E-state index contributed by atoms with van der Waals surface area (Å²) >= 11 is 5.80. The maximum atomic E-state index is 12.2. The van der Waals surface area contributed by atoms with Gasteiger partial charge in [-0.25, -0.2) is 0 Å². The zero-order chi connectivity index (χ0) is 19.4. The Kier molecular flexibility index (Phi) is 5.81. The van der Waals surface area contributed by atoms with E-state index < -0.39 is 0 Å². The molecule has 0 spiro atoms. The number of aryl methyl sites for hydroxylation is 2. The molecule has 3 aromatic rings. The average molecular weight is 385 g/mol. The summed E-state index contributed by atoms with van der Waals surface area (Å²) < 4.78 is 5.39. The smallest absolute Gasteiger partial charge is 0.257 e. The largest absolute Gasteiger partial charge is 0.484 e. The summed E-state index contributed by atoms with van der Waals surface area (Å²) in [7, 11) is 0. The number of ether oxygens (including phenoxy) is 1. The molecule has 1 amide bonds. The summed E-state index contributed by atoms with van der Waals surface area (Å²) in [6, 6.07) is 12.7. The lowest BCUT2D eigenvalue weighted by molar-refractivity contribution is -0.123. The molecule has 6 heteroatoms. The van der Waals surface area contributed by atoms with Gasteiger partial charge < -0.3 is 15.0 Å². The maximum absolute atomic E-state index is 12.2. The van der Waals surface area contributed by atoms with Crippen LogP contribution in [0.2, 0.25) is 5.02 Å². The molecule has 5 nitrogen and oxygen atoms in total. The van der Waals surface area contributed by atoms with Gasteiger partial charge in [0.1, 0.15) is 5.75 Å². The van der Waals surface area contributed by atoms with Crippen molar-refractivity contribution in [3.8, 4) is 5.75 Å². The highest BCUT2D eigenvalue weighted by Crippen LogP contribution is 2.17. The third-order valence-electron chi connectivity index (χ3n) is 4.44. The number of pyridine rings is 1. The van der Waals surface area contributed by atoms with Gasteiger partial charge in [0.05, 0.1) is 0 Å². The zero-order valence-electron chi connectivity index (χ0n) is 15.3. The van der Waals surface area contributed by atoms with E-state index in [1.807, 2.05) is 26.0 Å². The van der Waals surface area contributed by atoms with Gasteiger partial charge >= 0.3 is 0 Å². The molecule has 2 aromatic carbocycles. The van der Waals surface area contributed by atoms with Gasteiger partial charge in [0.2, 0.25) is 0 Å². The van der Waals surface area contributed by atoms with E-state index in [0.717, 1.165) is 16.5 Å². The van der Waals surface area contributed by atoms with E-state index in [1.165, 1.54) is 5.56 Å². The Labute approximate surface area is 162 Å². The molecule has 140 valence electrons. The van der Waals surface area contributed by atoms with Crippen LogP contribution in [0.1, 0.15) is 16.7 Å². The Bertz CT molecular complexity index is 1030. The molecule has 0 aliphatic heterocycles. The lowest BCUT2D eigenvalue weighted by Gasteiger charge is -2.09. The van der Waals surface area contributed by atoms with Gasteiger partial charge in [-0.15, -0.1) is 0 Å². The molecule has 0 saturated carbocycles. The summed E-state index contributed by atoms with van der Waals surface area (Å²) in [5.74, 6) is 0.333. The van der Waals surface area contributed by atoms with Crippen LogP contribution in [0.4, 0.5) is 0 Å². The van der Waals surface area contributed by atoms with E-state index in [9.17, 15) is 9.59 Å². The van der Waals surface area contributed by atoms with Gasteiger partial charge in [0, 0.05) is 22.6 Å². The lowest BCUT2D eigenvalue weighted by atomic mass is 10.0. The third-order valence-corrected chi connectivity index (χ3v) is 4.69. The van der Waals surface area contributed by atoms with E-state index in [2.05, 4.69) is 16.4 Å². The van der Waals surface area contributed by atoms with Crippen LogP contribution in [0.15, 0.2) is 47.3 Å². The number of benzene rings is 2. The second-order valence-corrected chi connectivity index (χ2v) is 6.93. The molecule has 0 unspecified atom stereocenters. The number of hydrogen-bond acceptors (Lipinski definition) is 3. The highest BCUT2D eigenvalue weighted by molar-refractivity contribution is 6.30. The minimum Gasteiger partial charge on any atom is -0.484 e. The predicted molar refractivity (Wildman–Crippen MR) is 108 cm³/mol. The quantitative estimate of drug-likeness (QED) is 0.682. The van der Waals surface area contributed by atoms with E-state index in [4.69, 9.17) is 16.3 Å². The highest BCUT2D eigenvalue weighted by Gasteiger charge is 2.07. The molecule has 0 fully saturated rings. The minimum atomic E-state index is -0.242. The highest BCUT2D eigenvalue weighted by atomic mass is 35.5. The SMILES string of the molecule is Cc1cc2cc(CCNC(=O)COc3ccc(Cl)cc3)c(=O)[nH]c2cc1C. The van der Waals surface area contributed by atoms with Gasteiger partial charge in [-0.3, -0.25) is 9.59 Å². The topological polar surface area (TPSA) is 71.2 Å². The second kappa shape index (κ2) is 8.27. The zero-order valence-corrected chi connectivity index (χ0v) is 16.0. The molecule has 2 N–H and O–H groups in total. The Hall–Kier alpha value is -2.79. The number of carbonyl (C=O) groups is 1. The Morgan fingerprint density at radius 1 is 1.11 bits per heavy atom. The number of halogens is 1. The predicted octanol–water partition coefficient (Wildman–Crippen LogP) is 3.54. The summed E-state index contributed by atoms with van der Waals surface area (Å²) in [5, 5.41) is 4.37. The molecule has 1 heterocycles. The molecular weight excluding hydrogens is 364 g/mol. The van der Waals surface area contributed by atoms with Crippen LogP contribution in [0.3, 0.4) is 0 Å². The molecule has 0 aliphatic carbocycles. The van der Waals surface area contributed by atoms with Crippen LogP contribution in [-0.4, -0.2) is 24.0 Å². The number of amides is 1. The van der Waals surface area contributed by atoms with Crippen molar-refractivity contribution in [2.24, 2.45) is 0 Å². The van der Waals surface area contributed by atoms with E-state index in [0.29, 0.717) is 29.3 Å². The fourth-order valence-electron chi connectivity index (χ4n) is 2.78. The molecule has 0 atom stereocenters. The normalized spacial score (nSPS) is 10.8. The first-order valence-electron chi connectivity index (χ1n) is 8.70. The van der Waals surface area contributed by atoms with Crippen molar-refractivity contribution < 1.29 is 9.53 Å². The van der Waals surface area contributed by atoms with Crippen molar-refractivity contribution in [1.29, 1.82) is 0 Å². The van der Waals surface area contributed by atoms with Crippen LogP contribution >= 0.6 is 11.6 Å². The van der Waals surface area contributed by atoms with Gasteiger partial charge in [0.15, 0.2) is 6.61 Å². The fraction of sp³-hybridized carbons (Fsp3) is 0.238. The van der Waals surface area contributed by atoms with Crippen LogP contribution in [0.25, 0.3) is 10.9 Å². The number of carbonyl (C=O) groups excluding carboxylic acids is 1. The van der Waals surface area contributed by atoms with Gasteiger partial charge in [-0.2, -0.15) is 0 Å². The van der Waals surface area contributed by atoms with Crippen LogP contribution < -0.4 is 15.6 Å². The van der Waals surface area contributed by atoms with Crippen molar-refractivity contribution in [2.75, 3.05) is 13.2 Å². The Balaban J connectivity index is 1.55. The molecule has 0 aliphatic rings. The van der Waals surface area contributed by atoms with Crippen molar-refractivity contribution in [3.63, 3.8) is 0 Å². The molecule has 0 radical (unpaired) electrons. The Morgan fingerprint density at radius 2 is 1.81 bits per heavy atom. The lowest BCUT2D eigenvalue weighted by Crippen LogP contribution is -2.31. The third kappa shape index (κ3) is 4.89. The van der Waals surface area contributed by atoms with Crippen molar-refractivity contribution in [1.82, 2.24) is 10.3 Å². The minimum absolute atomic E-state index is 0.0891. The molecule has 1 aromatic heterocycles. The van der Waals surface area contributed by atoms with Crippen LogP contribution in [0, 0.1) is 13.8 Å². The number of rotatable bonds is 6. The second-order valence-electron chi connectivity index (χ2n) is 6.49. The Morgan fingerprint density at radius 3 is 2.56 bits per heavy atom. The molecular formula is C21H21ClN2O3. The number of H-pyrrole nitrogens is 1. The number of hydrogen-bond donors (Lipinski definition) is 2. The van der Waals surface area contributed by atoms with Gasteiger partial charge in [-0.05, 0) is 79.2 Å². The fourth-order valence-corrected chi connectivity index (χ4v) is 2.90. The summed E-state index contributed by atoms with van der Waals surface area (Å²) in [4.78, 5) is 27.1. The van der Waals surface area contributed by atoms with Crippen molar-refractivity contribution in [3.05, 3.63) is 74.5 Å². The van der Waals surface area contributed by atoms with E-state index in [1.54, 1.807) is 24.3 Å². The summed E-state index contributed by atoms with van der Waals surface area (Å²) in [6.07, 6.45) is 0.449. The first-order chi connectivity index (χ1) is 12.9. The molecule has 0 bridgehead atoms. The average Bonchev–Trinajstić information content (AvgIpc) is 2.63. The van der Waals surface area contributed by atoms with Gasteiger partial charge in [-0.1, -0.05) is 11.6 Å². The van der Waals surface area contributed by atoms with Crippen molar-refractivity contribution >= 4 is 28.4 Å². The maximum Gasteiger partial charge on any atom is 0.257 e. The number of fused-ring (bicyclic) bond motifs is 1. The molecule has 0 saturated heterocycles. The number of aromatic amines is 1. The van der Waals surface area contributed by atoms with E-state index >= 15 is 0 Å². The van der Waals surface area contributed by atoms with Crippen molar-refractivity contribution in [2.45, 2.75) is 20.3 Å². The standard InChI is InChI=1S/C21H21ClN2O3/c1-13-9-16-11-15(21(26)24-19(16)10-14(13)2)7-8-23-20(25)12-27-18-5-3-17(22)4-6-18/h3-6,9-11H,7-8,12H2,1-2H3,(H,23,25)(H,24,26).